The molecule has 1 aliphatic rings. The van der Waals surface area contributed by atoms with Gasteiger partial charge in [-0.1, -0.05) is 0 Å². The molecule has 1 aliphatic heterocycles. The third-order valence-electron chi connectivity index (χ3n) is 5.63. The van der Waals surface area contributed by atoms with Crippen LogP contribution in [0.5, 0.6) is 0 Å². The van der Waals surface area contributed by atoms with Gasteiger partial charge in [0.2, 0.25) is 5.95 Å². The molecule has 10 nitrogen and oxygen atoms in total. The molecule has 31 heavy (non-hydrogen) atoms. The Labute approximate surface area is 179 Å². The van der Waals surface area contributed by atoms with E-state index in [0.717, 1.165) is 47.4 Å². The van der Waals surface area contributed by atoms with Crippen molar-refractivity contribution in [1.82, 2.24) is 35.0 Å². The van der Waals surface area contributed by atoms with Gasteiger partial charge < -0.3 is 25.2 Å². The number of hydrogen-bond donors (Lipinski definition) is 3. The summed E-state index contributed by atoms with van der Waals surface area (Å²) in [7, 11) is 0. The van der Waals surface area contributed by atoms with E-state index in [1.54, 1.807) is 18.6 Å². The van der Waals surface area contributed by atoms with Crippen LogP contribution in [0.25, 0.3) is 21.9 Å². The molecule has 2 atom stereocenters. The number of rotatable bonds is 5. The highest BCUT2D eigenvalue weighted by molar-refractivity contribution is 6.06. The molecular weight excluding hydrogens is 394 g/mol. The monoisotopic (exact) mass is 419 g/mol. The number of anilines is 3. The van der Waals surface area contributed by atoms with Gasteiger partial charge in [-0.05, 0) is 32.0 Å². The molecule has 5 heterocycles. The Morgan fingerprint density at radius 2 is 2.13 bits per heavy atom. The summed E-state index contributed by atoms with van der Waals surface area (Å²) in [5.74, 6) is 1.86. The van der Waals surface area contributed by atoms with Crippen LogP contribution >= 0.6 is 0 Å². The normalized spacial score (nSPS) is 17.9. The van der Waals surface area contributed by atoms with Crippen molar-refractivity contribution in [3.8, 4) is 0 Å². The molecule has 0 amide bonds. The van der Waals surface area contributed by atoms with E-state index in [2.05, 4.69) is 42.6 Å². The van der Waals surface area contributed by atoms with Gasteiger partial charge in [0.1, 0.15) is 5.65 Å². The number of hydrogen-bond acceptors (Lipinski definition) is 9. The second kappa shape index (κ2) is 8.05. The van der Waals surface area contributed by atoms with E-state index in [9.17, 15) is 5.11 Å². The maximum atomic E-state index is 9.75. The fraction of sp³-hybridized carbons (Fsp3) is 0.381. The van der Waals surface area contributed by atoms with E-state index in [1.807, 2.05) is 29.7 Å². The maximum absolute atomic E-state index is 9.75. The van der Waals surface area contributed by atoms with Crippen LogP contribution in [-0.4, -0.2) is 67.1 Å². The second-order valence-electron chi connectivity index (χ2n) is 7.93. The van der Waals surface area contributed by atoms with Gasteiger partial charge in [0.05, 0.1) is 24.4 Å². The zero-order valence-corrected chi connectivity index (χ0v) is 17.5. The van der Waals surface area contributed by atoms with E-state index >= 15 is 0 Å². The first kappa shape index (κ1) is 19.6. The lowest BCUT2D eigenvalue weighted by Crippen LogP contribution is -2.49. The molecule has 1 saturated heterocycles. The zero-order chi connectivity index (χ0) is 21.4. The molecule has 0 radical (unpaired) electrons. The largest absolute Gasteiger partial charge is 0.394 e. The number of fused-ring (bicyclic) bond motifs is 3. The summed E-state index contributed by atoms with van der Waals surface area (Å²) in [5, 5.41) is 26.9. The molecule has 0 aromatic carbocycles. The van der Waals surface area contributed by atoms with Gasteiger partial charge in [-0.25, -0.2) is 4.98 Å². The number of pyridine rings is 1. The summed E-state index contributed by atoms with van der Waals surface area (Å²) in [5.41, 5.74) is 1.65. The summed E-state index contributed by atoms with van der Waals surface area (Å²) >= 11 is 0. The third kappa shape index (κ3) is 3.64. The minimum absolute atomic E-state index is 0.00187. The van der Waals surface area contributed by atoms with Crippen molar-refractivity contribution in [2.45, 2.75) is 25.9 Å². The van der Waals surface area contributed by atoms with Gasteiger partial charge in [0, 0.05) is 48.8 Å². The fourth-order valence-corrected chi connectivity index (χ4v) is 4.07. The summed E-state index contributed by atoms with van der Waals surface area (Å²) in [6.45, 7) is 6.86. The first-order valence-corrected chi connectivity index (χ1v) is 10.4. The van der Waals surface area contributed by atoms with E-state index in [1.165, 1.54) is 0 Å². The molecule has 1 fully saturated rings. The van der Waals surface area contributed by atoms with Crippen molar-refractivity contribution in [3.05, 3.63) is 36.8 Å². The molecule has 10 heteroatoms. The highest BCUT2D eigenvalue weighted by Gasteiger charge is 2.19. The SMILES string of the molecule is C[C@H](CO)n1c2cnccc2c2cnc(Nc3ccc(N4CCN[C@@H](C)C4)nn3)nc21. The summed E-state index contributed by atoms with van der Waals surface area (Å²) in [4.78, 5) is 15.6. The van der Waals surface area contributed by atoms with Gasteiger partial charge in [-0.2, -0.15) is 4.98 Å². The van der Waals surface area contributed by atoms with Crippen LogP contribution in [0.15, 0.2) is 36.8 Å². The summed E-state index contributed by atoms with van der Waals surface area (Å²) < 4.78 is 1.99. The number of aromatic nitrogens is 6. The van der Waals surface area contributed by atoms with Crippen molar-refractivity contribution < 1.29 is 5.11 Å². The van der Waals surface area contributed by atoms with Crippen molar-refractivity contribution >= 4 is 39.5 Å². The third-order valence-corrected chi connectivity index (χ3v) is 5.63. The van der Waals surface area contributed by atoms with Crippen LogP contribution in [0.1, 0.15) is 19.9 Å². The second-order valence-corrected chi connectivity index (χ2v) is 7.93. The summed E-state index contributed by atoms with van der Waals surface area (Å²) in [6, 6.07) is 6.07. The fourth-order valence-electron chi connectivity index (χ4n) is 4.07. The molecule has 0 aliphatic carbocycles. The number of nitrogens with zero attached hydrogens (tertiary/aromatic N) is 7. The number of nitrogens with one attached hydrogen (secondary N) is 2. The molecule has 160 valence electrons. The Balaban J connectivity index is 1.45. The van der Waals surface area contributed by atoms with Crippen LogP contribution < -0.4 is 15.5 Å². The average Bonchev–Trinajstić information content (AvgIpc) is 3.13. The van der Waals surface area contributed by atoms with Crippen LogP contribution in [0.3, 0.4) is 0 Å². The highest BCUT2D eigenvalue weighted by atomic mass is 16.3. The standard InChI is InChI=1S/C21H25N9O/c1-13-11-29(8-7-23-13)19-4-3-18(27-28-19)25-21-24-9-16-15-5-6-22-10-17(15)30(14(2)12-31)20(16)26-21/h3-6,9-10,13-14,23,31H,7-8,11-12H2,1-2H3,(H,24,25,26,27)/t13-,14+/m0/s1. The van der Waals surface area contributed by atoms with Gasteiger partial charge >= 0.3 is 0 Å². The molecule has 0 unspecified atom stereocenters. The van der Waals surface area contributed by atoms with Gasteiger partial charge in [0.15, 0.2) is 11.6 Å². The van der Waals surface area contributed by atoms with Crippen LogP contribution in [0, 0.1) is 0 Å². The quantitative estimate of drug-likeness (QED) is 0.445. The predicted molar refractivity (Wildman–Crippen MR) is 120 cm³/mol. The first-order chi connectivity index (χ1) is 15.1. The molecule has 0 saturated carbocycles. The highest BCUT2D eigenvalue weighted by Crippen LogP contribution is 2.30. The van der Waals surface area contributed by atoms with Crippen molar-refractivity contribution in [3.63, 3.8) is 0 Å². The molecule has 4 aromatic heterocycles. The Morgan fingerprint density at radius 3 is 2.90 bits per heavy atom. The van der Waals surface area contributed by atoms with E-state index < -0.39 is 0 Å². The molecule has 3 N–H and O–H groups in total. The maximum Gasteiger partial charge on any atom is 0.230 e. The lowest BCUT2D eigenvalue weighted by Gasteiger charge is -2.32. The average molecular weight is 419 g/mol. The van der Waals surface area contributed by atoms with Crippen LogP contribution in [0.4, 0.5) is 17.6 Å². The Kier molecular flexibility index (Phi) is 5.08. The number of aliphatic hydroxyl groups excluding tert-OH is 1. The lowest BCUT2D eigenvalue weighted by atomic mass is 10.2. The zero-order valence-electron chi connectivity index (χ0n) is 17.5. The molecule has 5 rings (SSSR count). The molecule has 0 bridgehead atoms. The Hall–Kier alpha value is -3.37. The number of aliphatic hydroxyl groups is 1. The van der Waals surface area contributed by atoms with Crippen molar-refractivity contribution in [1.29, 1.82) is 0 Å². The number of piperazine rings is 1. The lowest BCUT2D eigenvalue weighted by molar-refractivity contribution is 0.243. The predicted octanol–water partition coefficient (Wildman–Crippen LogP) is 1.86. The van der Waals surface area contributed by atoms with Gasteiger partial charge in [-0.15, -0.1) is 10.2 Å². The van der Waals surface area contributed by atoms with E-state index in [0.29, 0.717) is 17.8 Å². The van der Waals surface area contributed by atoms with Crippen molar-refractivity contribution in [2.24, 2.45) is 0 Å². The molecule has 4 aromatic rings. The molecular formula is C21H25N9O. The van der Waals surface area contributed by atoms with Gasteiger partial charge in [0.25, 0.3) is 0 Å². The topological polar surface area (TPSA) is 117 Å². The Morgan fingerprint density at radius 1 is 1.23 bits per heavy atom. The first-order valence-electron chi connectivity index (χ1n) is 10.4. The minimum Gasteiger partial charge on any atom is -0.394 e. The minimum atomic E-state index is -0.146. The Bertz CT molecular complexity index is 1210. The van der Waals surface area contributed by atoms with Crippen LogP contribution in [-0.2, 0) is 0 Å². The van der Waals surface area contributed by atoms with Crippen LogP contribution in [0.2, 0.25) is 0 Å². The van der Waals surface area contributed by atoms with Gasteiger partial charge in [-0.3, -0.25) is 4.98 Å². The molecule has 0 spiro atoms. The van der Waals surface area contributed by atoms with E-state index in [-0.39, 0.29) is 12.6 Å². The van der Waals surface area contributed by atoms with E-state index in [4.69, 9.17) is 4.98 Å². The smallest absolute Gasteiger partial charge is 0.230 e. The van der Waals surface area contributed by atoms with Crippen molar-refractivity contribution in [2.75, 3.05) is 36.5 Å². The summed E-state index contributed by atoms with van der Waals surface area (Å²) in [6.07, 6.45) is 5.33.